The maximum Gasteiger partial charge on any atom is 0.274 e. The van der Waals surface area contributed by atoms with Gasteiger partial charge in [-0.15, -0.1) is 0 Å². The highest BCUT2D eigenvalue weighted by atomic mass is 16.1. The van der Waals surface area contributed by atoms with Crippen LogP contribution in [-0.4, -0.2) is 22.4 Å². The van der Waals surface area contributed by atoms with Gasteiger partial charge in [-0.05, 0) is 67.7 Å². The molecule has 3 aromatic rings. The number of H-pyrrole nitrogens is 1. The third-order valence-corrected chi connectivity index (χ3v) is 5.48. The van der Waals surface area contributed by atoms with Crippen molar-refractivity contribution < 1.29 is 4.79 Å². The highest BCUT2D eigenvalue weighted by Gasteiger charge is 2.16. The van der Waals surface area contributed by atoms with E-state index >= 15 is 0 Å². The molecule has 5 rings (SSSR count). The van der Waals surface area contributed by atoms with Crippen LogP contribution in [0.2, 0.25) is 0 Å². The molecule has 0 spiro atoms. The third-order valence-electron chi connectivity index (χ3n) is 5.48. The predicted molar refractivity (Wildman–Crippen MR) is 113 cm³/mol. The highest BCUT2D eigenvalue weighted by molar-refractivity contribution is 6.04. The molecule has 1 aliphatic heterocycles. The topological polar surface area (TPSA) is 61.0 Å². The summed E-state index contributed by atoms with van der Waals surface area (Å²) in [5, 5.41) is 4.23. The van der Waals surface area contributed by atoms with Crippen LogP contribution >= 0.6 is 0 Å². The standard InChI is InChI=1S/C23H22N4O/c28-23(22-15-17(10-11-24-22)27-12-4-1-5-13-27)25-16-8-9-21-19(14-16)18-6-2-3-7-20(18)26-21/h1,4-5,8-12,14-15,26H,2-3,6-7,13H2,(H,25,28). The van der Waals surface area contributed by atoms with Crippen molar-refractivity contribution in [1.82, 2.24) is 9.97 Å². The second-order valence-electron chi connectivity index (χ2n) is 7.33. The number of anilines is 2. The molecule has 0 unspecified atom stereocenters. The lowest BCUT2D eigenvalue weighted by Crippen LogP contribution is -2.19. The maximum absolute atomic E-state index is 12.8. The molecule has 2 N–H and O–H groups in total. The van der Waals surface area contributed by atoms with Crippen molar-refractivity contribution in [3.05, 3.63) is 77.9 Å². The summed E-state index contributed by atoms with van der Waals surface area (Å²) in [6, 6.07) is 9.83. The lowest BCUT2D eigenvalue weighted by atomic mass is 9.95. The van der Waals surface area contributed by atoms with Gasteiger partial charge in [-0.2, -0.15) is 0 Å². The minimum Gasteiger partial charge on any atom is -0.358 e. The summed E-state index contributed by atoms with van der Waals surface area (Å²) in [5.74, 6) is -0.192. The molecule has 3 heterocycles. The fraction of sp³-hybridized carbons (Fsp3) is 0.217. The van der Waals surface area contributed by atoms with E-state index in [0.29, 0.717) is 5.69 Å². The van der Waals surface area contributed by atoms with Crippen LogP contribution in [0.3, 0.4) is 0 Å². The number of rotatable bonds is 3. The summed E-state index contributed by atoms with van der Waals surface area (Å²) >= 11 is 0. The van der Waals surface area contributed by atoms with Crippen molar-refractivity contribution in [3.8, 4) is 0 Å². The van der Waals surface area contributed by atoms with Gasteiger partial charge < -0.3 is 15.2 Å². The molecular weight excluding hydrogens is 348 g/mol. The van der Waals surface area contributed by atoms with Gasteiger partial charge in [-0.25, -0.2) is 0 Å². The largest absolute Gasteiger partial charge is 0.358 e. The van der Waals surface area contributed by atoms with E-state index in [-0.39, 0.29) is 5.91 Å². The molecule has 1 aliphatic carbocycles. The summed E-state index contributed by atoms with van der Waals surface area (Å²) < 4.78 is 0. The van der Waals surface area contributed by atoms with Gasteiger partial charge in [0.05, 0.1) is 0 Å². The number of hydrogen-bond acceptors (Lipinski definition) is 3. The summed E-state index contributed by atoms with van der Waals surface area (Å²) in [6.45, 7) is 0.789. The highest BCUT2D eigenvalue weighted by Crippen LogP contribution is 2.31. The number of hydrogen-bond donors (Lipinski definition) is 2. The second-order valence-corrected chi connectivity index (χ2v) is 7.33. The number of amides is 1. The molecule has 28 heavy (non-hydrogen) atoms. The van der Waals surface area contributed by atoms with Gasteiger partial charge in [0.25, 0.3) is 5.91 Å². The van der Waals surface area contributed by atoms with Crippen LogP contribution in [0.1, 0.15) is 34.6 Å². The van der Waals surface area contributed by atoms with E-state index in [0.717, 1.165) is 36.3 Å². The molecule has 5 heteroatoms. The van der Waals surface area contributed by atoms with Gasteiger partial charge in [-0.1, -0.05) is 12.2 Å². The van der Waals surface area contributed by atoms with Crippen LogP contribution < -0.4 is 10.2 Å². The lowest BCUT2D eigenvalue weighted by Gasteiger charge is -2.20. The molecule has 0 radical (unpaired) electrons. The monoisotopic (exact) mass is 370 g/mol. The summed E-state index contributed by atoms with van der Waals surface area (Å²) in [4.78, 5) is 22.7. The molecule has 0 bridgehead atoms. The van der Waals surface area contributed by atoms with Crippen molar-refractivity contribution in [2.75, 3.05) is 16.8 Å². The predicted octanol–water partition coefficient (Wildman–Crippen LogP) is 4.58. The Kier molecular flexibility index (Phi) is 4.20. The first kappa shape index (κ1) is 16.8. The summed E-state index contributed by atoms with van der Waals surface area (Å²) in [6.07, 6.45) is 14.4. The number of fused-ring (bicyclic) bond motifs is 3. The van der Waals surface area contributed by atoms with Gasteiger partial charge in [-0.3, -0.25) is 9.78 Å². The van der Waals surface area contributed by atoms with Crippen LogP contribution in [-0.2, 0) is 12.8 Å². The van der Waals surface area contributed by atoms with Crippen molar-refractivity contribution in [2.24, 2.45) is 0 Å². The van der Waals surface area contributed by atoms with Crippen LogP contribution in [0.25, 0.3) is 10.9 Å². The van der Waals surface area contributed by atoms with Crippen molar-refractivity contribution in [1.29, 1.82) is 0 Å². The van der Waals surface area contributed by atoms with Gasteiger partial charge >= 0.3 is 0 Å². The minimum atomic E-state index is -0.192. The number of aryl methyl sites for hydroxylation is 2. The number of nitrogens with zero attached hydrogens (tertiary/aromatic N) is 2. The molecule has 0 atom stereocenters. The van der Waals surface area contributed by atoms with Crippen molar-refractivity contribution in [2.45, 2.75) is 25.7 Å². The van der Waals surface area contributed by atoms with Crippen molar-refractivity contribution >= 4 is 28.2 Å². The fourth-order valence-corrected chi connectivity index (χ4v) is 4.06. The second kappa shape index (κ2) is 7.00. The Bertz CT molecular complexity index is 1110. The first-order valence-corrected chi connectivity index (χ1v) is 9.79. The third kappa shape index (κ3) is 3.09. The van der Waals surface area contributed by atoms with Crippen LogP contribution in [0, 0.1) is 0 Å². The summed E-state index contributed by atoms with van der Waals surface area (Å²) in [7, 11) is 0. The van der Waals surface area contributed by atoms with E-state index in [2.05, 4.69) is 38.4 Å². The Labute approximate surface area is 163 Å². The van der Waals surface area contributed by atoms with E-state index in [9.17, 15) is 4.79 Å². The van der Waals surface area contributed by atoms with E-state index < -0.39 is 0 Å². The number of aromatic amines is 1. The number of carbonyl (C=O) groups is 1. The Morgan fingerprint density at radius 3 is 2.93 bits per heavy atom. The molecule has 2 aromatic heterocycles. The van der Waals surface area contributed by atoms with E-state index in [1.807, 2.05) is 36.6 Å². The molecule has 0 fully saturated rings. The van der Waals surface area contributed by atoms with Gasteiger partial charge in [0.2, 0.25) is 0 Å². The average Bonchev–Trinajstić information content (AvgIpc) is 3.12. The van der Waals surface area contributed by atoms with Crippen LogP contribution in [0.4, 0.5) is 11.4 Å². The Balaban J connectivity index is 1.39. The Morgan fingerprint density at radius 2 is 2.04 bits per heavy atom. The van der Waals surface area contributed by atoms with Gasteiger partial charge in [0.15, 0.2) is 0 Å². The van der Waals surface area contributed by atoms with E-state index in [1.54, 1.807) is 6.20 Å². The molecular formula is C23H22N4O. The van der Waals surface area contributed by atoms with Gasteiger partial charge in [0.1, 0.15) is 5.69 Å². The first-order chi connectivity index (χ1) is 13.8. The van der Waals surface area contributed by atoms with E-state index in [1.165, 1.54) is 29.5 Å². The number of aromatic nitrogens is 2. The van der Waals surface area contributed by atoms with E-state index in [4.69, 9.17) is 0 Å². The lowest BCUT2D eigenvalue weighted by molar-refractivity contribution is 0.102. The normalized spacial score (nSPS) is 15.6. The maximum atomic E-state index is 12.8. The summed E-state index contributed by atoms with van der Waals surface area (Å²) in [5.41, 5.74) is 6.07. The number of allylic oxidation sites excluding steroid dienone is 2. The number of carbonyl (C=O) groups excluding carboxylic acids is 1. The molecule has 0 saturated heterocycles. The van der Waals surface area contributed by atoms with Gasteiger partial charge in [0, 0.05) is 46.9 Å². The number of benzene rings is 1. The zero-order valence-electron chi connectivity index (χ0n) is 15.6. The first-order valence-electron chi connectivity index (χ1n) is 9.79. The molecule has 1 aromatic carbocycles. The van der Waals surface area contributed by atoms with Crippen LogP contribution in [0.15, 0.2) is 61.0 Å². The average molecular weight is 370 g/mol. The number of pyridine rings is 1. The molecule has 5 nitrogen and oxygen atoms in total. The smallest absolute Gasteiger partial charge is 0.274 e. The molecule has 0 saturated carbocycles. The number of nitrogens with one attached hydrogen (secondary N) is 2. The zero-order valence-corrected chi connectivity index (χ0v) is 15.6. The Hall–Kier alpha value is -3.34. The fourth-order valence-electron chi connectivity index (χ4n) is 4.06. The quantitative estimate of drug-likeness (QED) is 0.709. The Morgan fingerprint density at radius 1 is 1.11 bits per heavy atom. The molecule has 1 amide bonds. The molecule has 2 aliphatic rings. The van der Waals surface area contributed by atoms with Crippen LogP contribution in [0.5, 0.6) is 0 Å². The SMILES string of the molecule is O=C(Nc1ccc2[nH]c3c(c2c1)CCCC3)c1cc(N2C=CC=CC2)ccn1. The molecule has 140 valence electrons. The minimum absolute atomic E-state index is 0.192. The zero-order chi connectivity index (χ0) is 18.9. The van der Waals surface area contributed by atoms with Crippen molar-refractivity contribution in [3.63, 3.8) is 0 Å².